The van der Waals surface area contributed by atoms with Crippen LogP contribution in [-0.4, -0.2) is 22.5 Å². The summed E-state index contributed by atoms with van der Waals surface area (Å²) in [5.41, 5.74) is -0.186. The van der Waals surface area contributed by atoms with Gasteiger partial charge in [0, 0.05) is 11.1 Å². The van der Waals surface area contributed by atoms with Gasteiger partial charge in [-0.15, -0.1) is 0 Å². The fraction of sp³-hybridized carbons (Fsp3) is 0.440. The lowest BCUT2D eigenvalue weighted by Crippen LogP contribution is -2.58. The third kappa shape index (κ3) is 3.29. The third-order valence-corrected chi connectivity index (χ3v) is 7.09. The van der Waals surface area contributed by atoms with Crippen LogP contribution >= 0.6 is 0 Å². The molecule has 3 unspecified atom stereocenters. The van der Waals surface area contributed by atoms with Gasteiger partial charge in [-0.25, -0.2) is 0 Å². The summed E-state index contributed by atoms with van der Waals surface area (Å²) in [5, 5.41) is 11.0. The van der Waals surface area contributed by atoms with Crippen LogP contribution in [0.5, 0.6) is 0 Å². The average molecular weight is 390 g/mol. The smallest absolute Gasteiger partial charge is 0.313 e. The molecule has 4 aliphatic rings. The van der Waals surface area contributed by atoms with Crippen LogP contribution in [0.25, 0.3) is 0 Å². The number of ketones is 1. The zero-order valence-electron chi connectivity index (χ0n) is 16.4. The van der Waals surface area contributed by atoms with E-state index < -0.39 is 17.1 Å². The number of benzene rings is 2. The maximum atomic E-state index is 13.5. The Hall–Kier alpha value is -2.46. The third-order valence-electron chi connectivity index (χ3n) is 7.09. The van der Waals surface area contributed by atoms with Crippen LogP contribution in [0.4, 0.5) is 0 Å². The van der Waals surface area contributed by atoms with Gasteiger partial charge in [0.05, 0.1) is 11.0 Å². The van der Waals surface area contributed by atoms with Crippen molar-refractivity contribution in [1.82, 2.24) is 0 Å². The van der Waals surface area contributed by atoms with E-state index in [9.17, 15) is 14.7 Å². The van der Waals surface area contributed by atoms with Crippen molar-refractivity contribution >= 4 is 11.8 Å². The molecule has 0 heterocycles. The highest BCUT2D eigenvalue weighted by atomic mass is 16.5. The maximum absolute atomic E-state index is 13.5. The van der Waals surface area contributed by atoms with Crippen molar-refractivity contribution in [3.8, 4) is 0 Å². The van der Waals surface area contributed by atoms with Crippen molar-refractivity contribution in [1.29, 1.82) is 0 Å². The molecular formula is C25H26O4. The van der Waals surface area contributed by atoms with Crippen molar-refractivity contribution < 1.29 is 19.4 Å². The molecular weight excluding hydrogens is 364 g/mol. The second-order valence-electron chi connectivity index (χ2n) is 9.39. The fourth-order valence-electron chi connectivity index (χ4n) is 6.34. The predicted octanol–water partition coefficient (Wildman–Crippen LogP) is 4.49. The minimum absolute atomic E-state index is 0.214. The molecule has 6 rings (SSSR count). The van der Waals surface area contributed by atoms with Gasteiger partial charge in [0.15, 0.2) is 6.10 Å². The second-order valence-corrected chi connectivity index (χ2v) is 9.39. The molecule has 4 saturated carbocycles. The van der Waals surface area contributed by atoms with Crippen LogP contribution in [0, 0.1) is 17.3 Å². The standard InChI is InChI=1S/C25H26O4/c26-21(19-7-3-1-4-8-19)22(20-9-5-2-6-10-20)29-23(27)24-12-17-11-18(13-24)15-25(28,14-17)16-24/h1-10,17-18,22,28H,11-16H2. The van der Waals surface area contributed by atoms with E-state index in [0.717, 1.165) is 32.1 Å². The van der Waals surface area contributed by atoms with Crippen LogP contribution in [0.3, 0.4) is 0 Å². The molecule has 4 fully saturated rings. The van der Waals surface area contributed by atoms with Crippen LogP contribution in [-0.2, 0) is 9.53 Å². The first-order chi connectivity index (χ1) is 14.0. The molecule has 29 heavy (non-hydrogen) atoms. The zero-order chi connectivity index (χ0) is 20.1. The number of Topliss-reactive ketones (excluding diaryl/α,β-unsaturated/α-hetero) is 1. The van der Waals surface area contributed by atoms with E-state index in [-0.39, 0.29) is 11.8 Å². The van der Waals surface area contributed by atoms with Gasteiger partial charge >= 0.3 is 5.97 Å². The number of rotatable bonds is 5. The first-order valence-electron chi connectivity index (χ1n) is 10.5. The van der Waals surface area contributed by atoms with Crippen LogP contribution in [0.15, 0.2) is 60.7 Å². The van der Waals surface area contributed by atoms with Crippen molar-refractivity contribution in [2.24, 2.45) is 17.3 Å². The Morgan fingerprint density at radius 2 is 1.48 bits per heavy atom. The molecule has 3 atom stereocenters. The molecule has 2 aromatic rings. The van der Waals surface area contributed by atoms with Crippen molar-refractivity contribution in [3.63, 3.8) is 0 Å². The molecule has 4 bridgehead atoms. The number of carbonyl (C=O) groups is 2. The Morgan fingerprint density at radius 1 is 0.897 bits per heavy atom. The molecule has 0 spiro atoms. The molecule has 2 aromatic carbocycles. The summed E-state index contributed by atoms with van der Waals surface area (Å²) in [6.07, 6.45) is 3.73. The SMILES string of the molecule is O=C(c1ccccc1)C(OC(=O)C12CC3CC(CC(O)(C3)C1)C2)c1ccccc1. The lowest BCUT2D eigenvalue weighted by Gasteiger charge is -2.58. The van der Waals surface area contributed by atoms with E-state index in [1.165, 1.54) is 0 Å². The minimum atomic E-state index is -0.964. The predicted molar refractivity (Wildman–Crippen MR) is 108 cm³/mol. The summed E-state index contributed by atoms with van der Waals surface area (Å²) in [6, 6.07) is 18.2. The quantitative estimate of drug-likeness (QED) is 0.604. The molecule has 0 amide bonds. The van der Waals surface area contributed by atoms with Gasteiger partial charge in [-0.2, -0.15) is 0 Å². The van der Waals surface area contributed by atoms with E-state index in [0.29, 0.717) is 29.4 Å². The minimum Gasteiger partial charge on any atom is -0.449 e. The molecule has 150 valence electrons. The lowest BCUT2D eigenvalue weighted by atomic mass is 9.48. The Morgan fingerprint density at radius 3 is 2.07 bits per heavy atom. The topological polar surface area (TPSA) is 63.6 Å². The van der Waals surface area contributed by atoms with Gasteiger partial charge in [-0.05, 0) is 50.4 Å². The van der Waals surface area contributed by atoms with Gasteiger partial charge in [-0.1, -0.05) is 60.7 Å². The Balaban J connectivity index is 1.45. The van der Waals surface area contributed by atoms with E-state index in [1.807, 2.05) is 48.5 Å². The summed E-state index contributed by atoms with van der Waals surface area (Å²) < 4.78 is 5.98. The van der Waals surface area contributed by atoms with Gasteiger partial charge in [0.2, 0.25) is 5.78 Å². The lowest BCUT2D eigenvalue weighted by molar-refractivity contribution is -0.198. The van der Waals surface area contributed by atoms with Crippen LogP contribution in [0.2, 0.25) is 0 Å². The van der Waals surface area contributed by atoms with E-state index in [2.05, 4.69) is 0 Å². The van der Waals surface area contributed by atoms with Crippen molar-refractivity contribution in [2.75, 3.05) is 0 Å². The van der Waals surface area contributed by atoms with Crippen LogP contribution < -0.4 is 0 Å². The molecule has 1 N–H and O–H groups in total. The second kappa shape index (κ2) is 6.81. The first kappa shape index (κ1) is 18.6. The molecule has 4 heteroatoms. The Kier molecular flexibility index (Phi) is 4.36. The Bertz CT molecular complexity index is 906. The molecule has 0 saturated heterocycles. The highest BCUT2D eigenvalue weighted by Gasteiger charge is 2.61. The van der Waals surface area contributed by atoms with E-state index in [1.54, 1.807) is 12.1 Å². The van der Waals surface area contributed by atoms with Crippen molar-refractivity contribution in [3.05, 3.63) is 71.8 Å². The summed E-state index contributed by atoms with van der Waals surface area (Å²) in [5.74, 6) is 0.236. The number of ether oxygens (including phenoxy) is 1. The average Bonchev–Trinajstić information content (AvgIpc) is 2.71. The largest absolute Gasteiger partial charge is 0.449 e. The van der Waals surface area contributed by atoms with Gasteiger partial charge in [0.1, 0.15) is 0 Å². The highest BCUT2D eigenvalue weighted by molar-refractivity contribution is 6.01. The fourth-order valence-corrected chi connectivity index (χ4v) is 6.34. The summed E-state index contributed by atoms with van der Waals surface area (Å²) in [6.45, 7) is 0. The zero-order valence-corrected chi connectivity index (χ0v) is 16.4. The Labute approximate surface area is 170 Å². The highest BCUT2D eigenvalue weighted by Crippen LogP contribution is 2.62. The molecule has 4 aliphatic carbocycles. The molecule has 0 radical (unpaired) electrons. The van der Waals surface area contributed by atoms with Gasteiger partial charge in [-0.3, -0.25) is 9.59 Å². The van der Waals surface area contributed by atoms with Gasteiger partial charge in [0.25, 0.3) is 0 Å². The summed E-state index contributed by atoms with van der Waals surface area (Å²) in [4.78, 5) is 26.7. The normalized spacial score (nSPS) is 33.3. The first-order valence-corrected chi connectivity index (χ1v) is 10.5. The summed E-state index contributed by atoms with van der Waals surface area (Å²) in [7, 11) is 0. The number of hydrogen-bond acceptors (Lipinski definition) is 4. The number of aliphatic hydroxyl groups is 1. The number of esters is 1. The molecule has 0 aliphatic heterocycles. The van der Waals surface area contributed by atoms with Crippen molar-refractivity contribution in [2.45, 2.75) is 50.2 Å². The molecule has 0 aromatic heterocycles. The summed E-state index contributed by atoms with van der Waals surface area (Å²) >= 11 is 0. The monoisotopic (exact) mass is 390 g/mol. The number of hydrogen-bond donors (Lipinski definition) is 1. The van der Waals surface area contributed by atoms with E-state index in [4.69, 9.17) is 4.74 Å². The molecule has 4 nitrogen and oxygen atoms in total. The number of carbonyl (C=O) groups excluding carboxylic acids is 2. The van der Waals surface area contributed by atoms with Crippen LogP contribution in [0.1, 0.15) is 60.6 Å². The van der Waals surface area contributed by atoms with Gasteiger partial charge < -0.3 is 9.84 Å². The maximum Gasteiger partial charge on any atom is 0.313 e. The van der Waals surface area contributed by atoms with E-state index >= 15 is 0 Å².